The molecule has 1 atom stereocenters. The molecule has 2 rings (SSSR count). The van der Waals surface area contributed by atoms with Crippen LogP contribution in [0.1, 0.15) is 35.8 Å². The van der Waals surface area contributed by atoms with Crippen LogP contribution in [-0.4, -0.2) is 11.7 Å². The minimum Gasteiger partial charge on any atom is -0.396 e. The quantitative estimate of drug-likeness (QED) is 0.877. The van der Waals surface area contributed by atoms with Gasteiger partial charge in [-0.1, -0.05) is 22.0 Å². The van der Waals surface area contributed by atoms with Gasteiger partial charge >= 0.3 is 0 Å². The van der Waals surface area contributed by atoms with Crippen molar-refractivity contribution in [2.24, 2.45) is 0 Å². The molecule has 0 bridgehead atoms. The molecule has 1 radical (unpaired) electrons. The zero-order valence-corrected chi connectivity index (χ0v) is 9.63. The number of aliphatic hydroxyl groups excluding tert-OH is 1. The van der Waals surface area contributed by atoms with Gasteiger partial charge in [-0.2, -0.15) is 0 Å². The maximum atomic E-state index is 9.13. The van der Waals surface area contributed by atoms with Gasteiger partial charge in [-0.05, 0) is 48.9 Å². The van der Waals surface area contributed by atoms with Crippen molar-refractivity contribution in [2.45, 2.75) is 24.7 Å². The van der Waals surface area contributed by atoms with Crippen LogP contribution in [0.5, 0.6) is 0 Å². The van der Waals surface area contributed by atoms with Gasteiger partial charge < -0.3 is 5.11 Å². The van der Waals surface area contributed by atoms with Crippen LogP contribution < -0.4 is 0 Å². The molecule has 1 aromatic rings. The SMILES string of the molecule is [CH2]C(CO)c1cc(Br)ccc1C1CC1. The average Bonchev–Trinajstić information content (AvgIpc) is 3.00. The largest absolute Gasteiger partial charge is 0.396 e. The van der Waals surface area contributed by atoms with Crippen LogP contribution in [0.2, 0.25) is 0 Å². The Morgan fingerprint density at radius 3 is 2.79 bits per heavy atom. The molecule has 1 aliphatic rings. The molecule has 1 aliphatic carbocycles. The molecule has 1 unspecified atom stereocenters. The third-order valence-electron chi connectivity index (χ3n) is 2.73. The van der Waals surface area contributed by atoms with Gasteiger partial charge in [-0.15, -0.1) is 0 Å². The average molecular weight is 254 g/mol. The molecular weight excluding hydrogens is 240 g/mol. The number of aliphatic hydroxyl groups is 1. The van der Waals surface area contributed by atoms with Crippen LogP contribution in [0.4, 0.5) is 0 Å². The molecular formula is C12H14BrO. The van der Waals surface area contributed by atoms with Crippen molar-refractivity contribution in [2.75, 3.05) is 6.61 Å². The highest BCUT2D eigenvalue weighted by Gasteiger charge is 2.27. The number of hydrogen-bond donors (Lipinski definition) is 1. The Bertz CT molecular complexity index is 331. The normalized spacial score (nSPS) is 18.2. The van der Waals surface area contributed by atoms with Crippen molar-refractivity contribution in [3.63, 3.8) is 0 Å². The van der Waals surface area contributed by atoms with Gasteiger partial charge in [-0.25, -0.2) is 0 Å². The van der Waals surface area contributed by atoms with Gasteiger partial charge in [-0.3, -0.25) is 0 Å². The molecule has 0 heterocycles. The fourth-order valence-electron chi connectivity index (χ4n) is 1.76. The zero-order chi connectivity index (χ0) is 10.1. The van der Waals surface area contributed by atoms with Crippen LogP contribution in [-0.2, 0) is 0 Å². The van der Waals surface area contributed by atoms with Crippen LogP contribution in [0.25, 0.3) is 0 Å². The van der Waals surface area contributed by atoms with Crippen molar-refractivity contribution in [1.82, 2.24) is 0 Å². The number of rotatable bonds is 3. The first kappa shape index (κ1) is 10.2. The van der Waals surface area contributed by atoms with Gasteiger partial charge in [0.1, 0.15) is 0 Å². The van der Waals surface area contributed by atoms with E-state index >= 15 is 0 Å². The van der Waals surface area contributed by atoms with Gasteiger partial charge in [0.05, 0.1) is 0 Å². The third kappa shape index (κ3) is 2.01. The smallest absolute Gasteiger partial charge is 0.0499 e. The second kappa shape index (κ2) is 4.03. The molecule has 75 valence electrons. The van der Waals surface area contributed by atoms with E-state index in [4.69, 9.17) is 5.11 Å². The monoisotopic (exact) mass is 253 g/mol. The molecule has 0 spiro atoms. The number of hydrogen-bond acceptors (Lipinski definition) is 1. The van der Waals surface area contributed by atoms with Gasteiger partial charge in [0.25, 0.3) is 0 Å². The van der Waals surface area contributed by atoms with Gasteiger partial charge in [0.2, 0.25) is 0 Å². The van der Waals surface area contributed by atoms with Gasteiger partial charge in [0, 0.05) is 17.0 Å². The van der Waals surface area contributed by atoms with Crippen LogP contribution >= 0.6 is 15.9 Å². The minimum absolute atomic E-state index is 0.00287. The highest BCUT2D eigenvalue weighted by Crippen LogP contribution is 2.43. The Kier molecular flexibility index (Phi) is 2.93. The van der Waals surface area contributed by atoms with E-state index in [2.05, 4.69) is 41.1 Å². The lowest BCUT2D eigenvalue weighted by molar-refractivity contribution is 0.282. The minimum atomic E-state index is 0.00287. The lowest BCUT2D eigenvalue weighted by Gasteiger charge is -2.14. The van der Waals surface area contributed by atoms with E-state index in [1.165, 1.54) is 24.0 Å². The van der Waals surface area contributed by atoms with E-state index < -0.39 is 0 Å². The molecule has 1 fully saturated rings. The summed E-state index contributed by atoms with van der Waals surface area (Å²) in [4.78, 5) is 0. The first-order valence-electron chi connectivity index (χ1n) is 4.95. The Morgan fingerprint density at radius 2 is 2.21 bits per heavy atom. The molecule has 0 saturated heterocycles. The number of benzene rings is 1. The number of halogens is 1. The molecule has 0 aromatic heterocycles. The lowest BCUT2D eigenvalue weighted by atomic mass is 9.94. The summed E-state index contributed by atoms with van der Waals surface area (Å²) in [5, 5.41) is 9.13. The molecule has 0 amide bonds. The van der Waals surface area contributed by atoms with Crippen molar-refractivity contribution >= 4 is 15.9 Å². The maximum Gasteiger partial charge on any atom is 0.0499 e. The van der Waals surface area contributed by atoms with Crippen molar-refractivity contribution in [1.29, 1.82) is 0 Å². The first-order valence-corrected chi connectivity index (χ1v) is 5.75. The van der Waals surface area contributed by atoms with E-state index in [1.54, 1.807) is 0 Å². The standard InChI is InChI=1S/C12H14BrO/c1-8(7-14)12-6-10(13)4-5-11(12)9-2-3-9/h4-6,8-9,14H,1-3,7H2. The first-order chi connectivity index (χ1) is 6.72. The van der Waals surface area contributed by atoms with E-state index in [1.807, 2.05) is 0 Å². The summed E-state index contributed by atoms with van der Waals surface area (Å²) in [6.07, 6.45) is 2.57. The van der Waals surface area contributed by atoms with E-state index in [0.717, 1.165) is 4.47 Å². The van der Waals surface area contributed by atoms with Gasteiger partial charge in [0.15, 0.2) is 0 Å². The summed E-state index contributed by atoms with van der Waals surface area (Å²) in [7, 11) is 0. The maximum absolute atomic E-state index is 9.13. The second-order valence-corrected chi connectivity index (χ2v) is 4.84. The van der Waals surface area contributed by atoms with Crippen molar-refractivity contribution < 1.29 is 5.11 Å². The fraction of sp³-hybridized carbons (Fsp3) is 0.417. The predicted octanol–water partition coefficient (Wildman–Crippen LogP) is 3.24. The summed E-state index contributed by atoms with van der Waals surface area (Å²) < 4.78 is 1.07. The summed E-state index contributed by atoms with van der Waals surface area (Å²) in [6.45, 7) is 4.09. The Labute approximate surface area is 93.3 Å². The van der Waals surface area contributed by atoms with E-state index in [-0.39, 0.29) is 12.5 Å². The second-order valence-electron chi connectivity index (χ2n) is 3.93. The lowest BCUT2D eigenvalue weighted by Crippen LogP contribution is -2.03. The van der Waals surface area contributed by atoms with E-state index in [0.29, 0.717) is 5.92 Å². The molecule has 1 saturated carbocycles. The van der Waals surface area contributed by atoms with Crippen LogP contribution in [0.15, 0.2) is 22.7 Å². The Morgan fingerprint density at radius 1 is 1.50 bits per heavy atom. The third-order valence-corrected chi connectivity index (χ3v) is 3.22. The topological polar surface area (TPSA) is 20.2 Å². The molecule has 0 aliphatic heterocycles. The summed E-state index contributed by atoms with van der Waals surface area (Å²) in [6, 6.07) is 6.31. The molecule has 1 N–H and O–H groups in total. The summed E-state index contributed by atoms with van der Waals surface area (Å²) in [5.74, 6) is 0.719. The fourth-order valence-corrected chi connectivity index (χ4v) is 2.14. The van der Waals surface area contributed by atoms with Crippen molar-refractivity contribution in [3.8, 4) is 0 Å². The predicted molar refractivity (Wildman–Crippen MR) is 61.3 cm³/mol. The zero-order valence-electron chi connectivity index (χ0n) is 8.04. The molecule has 1 nitrogen and oxygen atoms in total. The van der Waals surface area contributed by atoms with E-state index in [9.17, 15) is 0 Å². The Hall–Kier alpha value is -0.340. The molecule has 2 heteroatoms. The van der Waals surface area contributed by atoms with Crippen LogP contribution in [0.3, 0.4) is 0 Å². The van der Waals surface area contributed by atoms with Crippen molar-refractivity contribution in [3.05, 3.63) is 40.7 Å². The summed E-state index contributed by atoms with van der Waals surface area (Å²) in [5.41, 5.74) is 2.58. The van der Waals surface area contributed by atoms with Crippen LogP contribution in [0, 0.1) is 6.92 Å². The molecule has 14 heavy (non-hydrogen) atoms. The Balaban J connectivity index is 2.37. The highest BCUT2D eigenvalue weighted by atomic mass is 79.9. The molecule has 1 aromatic carbocycles. The highest BCUT2D eigenvalue weighted by molar-refractivity contribution is 9.10. The summed E-state index contributed by atoms with van der Waals surface area (Å²) >= 11 is 3.45.